The van der Waals surface area contributed by atoms with E-state index in [2.05, 4.69) is 15.0 Å². The Morgan fingerprint density at radius 3 is 2.46 bits per heavy atom. The fraction of sp³-hybridized carbons (Fsp3) is 0.214. The zero-order valence-electron chi connectivity index (χ0n) is 20.8. The first kappa shape index (κ1) is 24.6. The molecule has 9 heteroatoms. The number of nitrogens with zero attached hydrogens (tertiary/aromatic N) is 2. The number of carbonyl (C=O) groups is 1. The first-order chi connectivity index (χ1) is 17.7. The van der Waals surface area contributed by atoms with Crippen LogP contribution in [0.5, 0.6) is 5.75 Å². The molecule has 0 bridgehead atoms. The van der Waals surface area contributed by atoms with Gasteiger partial charge in [-0.3, -0.25) is 0 Å². The van der Waals surface area contributed by atoms with E-state index >= 15 is 0 Å². The van der Waals surface area contributed by atoms with E-state index in [4.69, 9.17) is 4.74 Å². The van der Waals surface area contributed by atoms with Crippen LogP contribution in [0, 0.1) is 13.8 Å². The molecule has 190 valence electrons. The van der Waals surface area contributed by atoms with E-state index in [1.54, 1.807) is 38.4 Å². The summed E-state index contributed by atoms with van der Waals surface area (Å²) in [6.07, 6.45) is 4.10. The Morgan fingerprint density at radius 2 is 1.76 bits per heavy atom. The van der Waals surface area contributed by atoms with Gasteiger partial charge >= 0.3 is 6.03 Å². The Hall–Kier alpha value is -4.11. The van der Waals surface area contributed by atoms with Gasteiger partial charge in [-0.1, -0.05) is 48.5 Å². The number of nitrogens with one attached hydrogen (secondary N) is 2. The summed E-state index contributed by atoms with van der Waals surface area (Å²) in [6, 6.07) is 21.3. The van der Waals surface area contributed by atoms with Crippen molar-refractivity contribution in [2.45, 2.75) is 36.6 Å². The summed E-state index contributed by atoms with van der Waals surface area (Å²) < 4.78 is 35.5. The van der Waals surface area contributed by atoms with Gasteiger partial charge in [0.15, 0.2) is 0 Å². The molecule has 8 nitrogen and oxygen atoms in total. The average molecular weight is 517 g/mol. The lowest BCUT2D eigenvalue weighted by Gasteiger charge is -2.22. The van der Waals surface area contributed by atoms with Crippen molar-refractivity contribution in [2.24, 2.45) is 0 Å². The normalized spacial score (nSPS) is 18.7. The zero-order valence-corrected chi connectivity index (χ0v) is 21.6. The van der Waals surface area contributed by atoms with E-state index < -0.39 is 21.6 Å². The molecule has 3 aromatic carbocycles. The van der Waals surface area contributed by atoms with Gasteiger partial charge < -0.3 is 14.6 Å². The predicted molar refractivity (Wildman–Crippen MR) is 140 cm³/mol. The molecule has 2 amide bonds. The van der Waals surface area contributed by atoms with Crippen LogP contribution in [0.3, 0.4) is 0 Å². The van der Waals surface area contributed by atoms with Crippen LogP contribution in [0.15, 0.2) is 90.1 Å². The van der Waals surface area contributed by atoms with Gasteiger partial charge in [0.1, 0.15) is 17.1 Å². The highest BCUT2D eigenvalue weighted by Crippen LogP contribution is 2.58. The Morgan fingerprint density at radius 1 is 1.03 bits per heavy atom. The molecule has 0 saturated heterocycles. The largest absolute Gasteiger partial charge is 0.497 e. The van der Waals surface area contributed by atoms with Crippen molar-refractivity contribution in [3.63, 3.8) is 0 Å². The molecule has 0 aliphatic heterocycles. The fourth-order valence-electron chi connectivity index (χ4n) is 4.91. The third-order valence-corrected chi connectivity index (χ3v) is 8.30. The van der Waals surface area contributed by atoms with Gasteiger partial charge in [-0.2, -0.15) is 0 Å². The summed E-state index contributed by atoms with van der Waals surface area (Å²) in [6.45, 7) is 3.67. The van der Waals surface area contributed by atoms with Crippen LogP contribution in [0.2, 0.25) is 0 Å². The van der Waals surface area contributed by atoms with E-state index in [0.29, 0.717) is 17.8 Å². The Kier molecular flexibility index (Phi) is 6.25. The molecular formula is C28H28N4O4S. The van der Waals surface area contributed by atoms with E-state index in [-0.39, 0.29) is 10.8 Å². The van der Waals surface area contributed by atoms with E-state index in [9.17, 15) is 13.2 Å². The molecule has 5 rings (SSSR count). The van der Waals surface area contributed by atoms with Crippen molar-refractivity contribution in [2.75, 3.05) is 7.11 Å². The number of carbonyl (C=O) groups excluding carboxylic acids is 1. The van der Waals surface area contributed by atoms with Gasteiger partial charge in [-0.15, -0.1) is 0 Å². The minimum atomic E-state index is -4.07. The minimum Gasteiger partial charge on any atom is -0.497 e. The highest BCUT2D eigenvalue weighted by Gasteiger charge is 2.60. The van der Waals surface area contributed by atoms with Crippen molar-refractivity contribution < 1.29 is 17.9 Å². The summed E-state index contributed by atoms with van der Waals surface area (Å²) in [7, 11) is -2.45. The van der Waals surface area contributed by atoms with Gasteiger partial charge in [0.25, 0.3) is 10.0 Å². The van der Waals surface area contributed by atoms with Gasteiger partial charge in [0.05, 0.1) is 12.0 Å². The van der Waals surface area contributed by atoms with Gasteiger partial charge in [-0.25, -0.2) is 22.9 Å². The topological polar surface area (TPSA) is 102 Å². The number of hydrogen-bond donors (Lipinski definition) is 2. The second-order valence-electron chi connectivity index (χ2n) is 9.24. The Balaban J connectivity index is 1.51. The van der Waals surface area contributed by atoms with Crippen LogP contribution >= 0.6 is 0 Å². The number of sulfonamides is 1. The standard InChI is InChI=1S/C28H28N4O4S/c1-19-9-7-8-12-25(19)37(34,35)31-27(33)30-28(18-23(28)21-10-5-4-6-11-21)26-29-15-16-32(26)24-14-13-22(36-3)17-20(24)2/h4-17,23H,18H2,1-3H3,(H2,30,31,33)/t23-,28-/m1/s1. The monoisotopic (exact) mass is 516 g/mol. The number of rotatable bonds is 7. The van der Waals surface area contributed by atoms with Crippen molar-refractivity contribution in [1.29, 1.82) is 0 Å². The smallest absolute Gasteiger partial charge is 0.329 e. The summed E-state index contributed by atoms with van der Waals surface area (Å²) in [5.41, 5.74) is 2.54. The summed E-state index contributed by atoms with van der Waals surface area (Å²) in [5.74, 6) is 1.28. The molecule has 0 radical (unpaired) electrons. The van der Waals surface area contributed by atoms with Crippen molar-refractivity contribution in [1.82, 2.24) is 19.6 Å². The third kappa shape index (κ3) is 4.58. The number of aryl methyl sites for hydroxylation is 2. The number of amides is 2. The molecular weight excluding hydrogens is 488 g/mol. The quantitative estimate of drug-likeness (QED) is 0.375. The Labute approximate surface area is 216 Å². The molecule has 1 aliphatic carbocycles. The summed E-state index contributed by atoms with van der Waals surface area (Å²) in [5, 5.41) is 2.98. The molecule has 0 spiro atoms. The second kappa shape index (κ2) is 9.40. The van der Waals surface area contributed by atoms with E-state index in [1.807, 2.05) is 66.2 Å². The third-order valence-electron chi connectivity index (χ3n) is 6.81. The van der Waals surface area contributed by atoms with Crippen LogP contribution in [0.25, 0.3) is 5.69 Å². The van der Waals surface area contributed by atoms with Crippen molar-refractivity contribution >= 4 is 16.1 Å². The maximum Gasteiger partial charge on any atom is 0.329 e. The van der Waals surface area contributed by atoms with Gasteiger partial charge in [0, 0.05) is 24.0 Å². The molecule has 37 heavy (non-hydrogen) atoms. The maximum atomic E-state index is 13.2. The predicted octanol–water partition coefficient (Wildman–Crippen LogP) is 4.57. The molecule has 2 N–H and O–H groups in total. The van der Waals surface area contributed by atoms with Crippen LogP contribution in [0.4, 0.5) is 4.79 Å². The Bertz CT molecular complexity index is 1570. The molecule has 1 aliphatic rings. The van der Waals surface area contributed by atoms with E-state index in [0.717, 1.165) is 22.6 Å². The first-order valence-electron chi connectivity index (χ1n) is 11.9. The number of methoxy groups -OCH3 is 1. The number of aromatic nitrogens is 2. The number of benzene rings is 3. The highest BCUT2D eigenvalue weighted by molar-refractivity contribution is 7.90. The highest BCUT2D eigenvalue weighted by atomic mass is 32.2. The molecule has 1 aromatic heterocycles. The van der Waals surface area contributed by atoms with Crippen LogP contribution < -0.4 is 14.8 Å². The summed E-state index contributed by atoms with van der Waals surface area (Å²) in [4.78, 5) is 17.9. The zero-order chi connectivity index (χ0) is 26.2. The molecule has 4 aromatic rings. The van der Waals surface area contributed by atoms with Crippen LogP contribution in [-0.4, -0.2) is 31.1 Å². The van der Waals surface area contributed by atoms with Gasteiger partial charge in [-0.05, 0) is 61.2 Å². The van der Waals surface area contributed by atoms with Crippen molar-refractivity contribution in [3.8, 4) is 11.4 Å². The van der Waals surface area contributed by atoms with Gasteiger partial charge in [0.2, 0.25) is 0 Å². The molecule has 0 unspecified atom stereocenters. The number of urea groups is 1. The average Bonchev–Trinajstić information content (AvgIpc) is 3.37. The molecule has 2 atom stereocenters. The minimum absolute atomic E-state index is 0.0602. The van der Waals surface area contributed by atoms with E-state index in [1.165, 1.54) is 6.07 Å². The first-order valence-corrected chi connectivity index (χ1v) is 13.4. The lowest BCUT2D eigenvalue weighted by Crippen LogP contribution is -2.46. The second-order valence-corrected chi connectivity index (χ2v) is 10.9. The molecule has 1 fully saturated rings. The maximum absolute atomic E-state index is 13.2. The lowest BCUT2D eigenvalue weighted by atomic mass is 10.0. The fourth-order valence-corrected chi connectivity index (χ4v) is 6.06. The number of imidazole rings is 1. The van der Waals surface area contributed by atoms with Crippen LogP contribution in [0.1, 0.15) is 34.9 Å². The summed E-state index contributed by atoms with van der Waals surface area (Å²) >= 11 is 0. The molecule has 1 heterocycles. The molecule has 1 saturated carbocycles. The SMILES string of the molecule is COc1ccc(-n2ccnc2[C@@]2(NC(=O)NS(=O)(=O)c3ccccc3C)C[C@@H]2c2ccccc2)c(C)c1. The lowest BCUT2D eigenvalue weighted by molar-refractivity contribution is 0.239. The van der Waals surface area contributed by atoms with Crippen molar-refractivity contribution in [3.05, 3.63) is 108 Å². The number of ether oxygens (including phenoxy) is 1. The number of hydrogen-bond acceptors (Lipinski definition) is 5. The van der Waals surface area contributed by atoms with Crippen LogP contribution in [-0.2, 0) is 15.6 Å².